The second-order valence-corrected chi connectivity index (χ2v) is 6.37. The average Bonchev–Trinajstić information content (AvgIpc) is 3.24. The second-order valence-electron chi connectivity index (χ2n) is 6.37. The highest BCUT2D eigenvalue weighted by Gasteiger charge is 2.14. The van der Waals surface area contributed by atoms with Crippen molar-refractivity contribution in [1.29, 1.82) is 0 Å². The summed E-state index contributed by atoms with van der Waals surface area (Å²) in [5.41, 5.74) is 3.02. The van der Waals surface area contributed by atoms with Crippen molar-refractivity contribution in [2.24, 2.45) is 0 Å². The van der Waals surface area contributed by atoms with E-state index in [0.29, 0.717) is 5.56 Å². The van der Waals surface area contributed by atoms with E-state index >= 15 is 0 Å². The summed E-state index contributed by atoms with van der Waals surface area (Å²) in [6.45, 7) is 2.09. The highest BCUT2D eigenvalue weighted by Crippen LogP contribution is 2.22. The molecular formula is C21H20N4O. The van der Waals surface area contributed by atoms with Crippen molar-refractivity contribution < 1.29 is 4.79 Å². The fraction of sp³-hybridized carbons (Fsp3) is 0.190. The summed E-state index contributed by atoms with van der Waals surface area (Å²) < 4.78 is 0. The fourth-order valence-corrected chi connectivity index (χ4v) is 3.14. The Labute approximate surface area is 152 Å². The van der Waals surface area contributed by atoms with Crippen molar-refractivity contribution >= 4 is 17.4 Å². The van der Waals surface area contributed by atoms with Gasteiger partial charge in [-0.05, 0) is 49.2 Å². The lowest BCUT2D eigenvalue weighted by atomic mass is 10.1. The molecule has 1 saturated heterocycles. The third-order valence-corrected chi connectivity index (χ3v) is 4.53. The van der Waals surface area contributed by atoms with E-state index in [2.05, 4.69) is 20.4 Å². The molecule has 0 bridgehead atoms. The predicted molar refractivity (Wildman–Crippen MR) is 103 cm³/mol. The Morgan fingerprint density at radius 2 is 1.69 bits per heavy atom. The van der Waals surface area contributed by atoms with Gasteiger partial charge in [-0.25, -0.2) is 0 Å². The van der Waals surface area contributed by atoms with Crippen LogP contribution in [0, 0.1) is 0 Å². The summed E-state index contributed by atoms with van der Waals surface area (Å²) >= 11 is 0. The lowest BCUT2D eigenvalue weighted by Crippen LogP contribution is -2.19. The Hall–Kier alpha value is -3.21. The average molecular weight is 344 g/mol. The number of anilines is 2. The molecule has 26 heavy (non-hydrogen) atoms. The maximum Gasteiger partial charge on any atom is 0.255 e. The number of carbonyl (C=O) groups is 1. The van der Waals surface area contributed by atoms with Crippen molar-refractivity contribution in [2.45, 2.75) is 12.8 Å². The van der Waals surface area contributed by atoms with Gasteiger partial charge in [-0.2, -0.15) is 0 Å². The third-order valence-electron chi connectivity index (χ3n) is 4.53. The summed E-state index contributed by atoms with van der Waals surface area (Å²) in [7, 11) is 0. The molecule has 130 valence electrons. The van der Waals surface area contributed by atoms with Crippen molar-refractivity contribution in [3.63, 3.8) is 0 Å². The summed E-state index contributed by atoms with van der Waals surface area (Å²) in [5, 5.41) is 11.6. The first-order valence-corrected chi connectivity index (χ1v) is 8.85. The molecule has 0 atom stereocenters. The molecule has 0 unspecified atom stereocenters. The van der Waals surface area contributed by atoms with Crippen LogP contribution in [0.5, 0.6) is 0 Å². The minimum atomic E-state index is -0.139. The van der Waals surface area contributed by atoms with Crippen molar-refractivity contribution in [3.05, 3.63) is 72.3 Å². The Kier molecular flexibility index (Phi) is 4.60. The lowest BCUT2D eigenvalue weighted by molar-refractivity contribution is 0.102. The van der Waals surface area contributed by atoms with Gasteiger partial charge >= 0.3 is 0 Å². The van der Waals surface area contributed by atoms with Gasteiger partial charge in [-0.1, -0.05) is 30.3 Å². The molecule has 5 heteroatoms. The van der Waals surface area contributed by atoms with Crippen LogP contribution in [0.2, 0.25) is 0 Å². The van der Waals surface area contributed by atoms with E-state index in [0.717, 1.165) is 35.9 Å². The molecule has 4 rings (SSSR count). The standard InChI is InChI=1S/C21H20N4O/c26-21(22-18-9-2-1-3-10-18)17-8-6-7-16(15-17)19-11-12-20(24-23-19)25-13-4-5-14-25/h1-3,6-12,15H,4-5,13-14H2,(H,22,26). The van der Waals surface area contributed by atoms with Crippen LogP contribution in [0.4, 0.5) is 11.5 Å². The Morgan fingerprint density at radius 1 is 0.885 bits per heavy atom. The molecule has 0 saturated carbocycles. The highest BCUT2D eigenvalue weighted by atomic mass is 16.1. The minimum Gasteiger partial charge on any atom is -0.355 e. The number of amides is 1. The number of hydrogen-bond acceptors (Lipinski definition) is 4. The number of para-hydroxylation sites is 1. The van der Waals surface area contributed by atoms with E-state index in [-0.39, 0.29) is 5.91 Å². The first kappa shape index (κ1) is 16.3. The van der Waals surface area contributed by atoms with Crippen molar-refractivity contribution in [2.75, 3.05) is 23.3 Å². The first-order chi connectivity index (χ1) is 12.8. The molecule has 2 heterocycles. The van der Waals surface area contributed by atoms with Crippen molar-refractivity contribution in [1.82, 2.24) is 10.2 Å². The fourth-order valence-electron chi connectivity index (χ4n) is 3.14. The number of benzene rings is 2. The molecule has 1 amide bonds. The van der Waals surface area contributed by atoms with Crippen LogP contribution in [0.1, 0.15) is 23.2 Å². The minimum absolute atomic E-state index is 0.139. The van der Waals surface area contributed by atoms with Crippen LogP contribution in [-0.2, 0) is 0 Å². The number of nitrogens with zero attached hydrogens (tertiary/aromatic N) is 3. The SMILES string of the molecule is O=C(Nc1ccccc1)c1cccc(-c2ccc(N3CCCC3)nn2)c1. The third kappa shape index (κ3) is 3.57. The molecule has 0 radical (unpaired) electrons. The summed E-state index contributed by atoms with van der Waals surface area (Å²) in [4.78, 5) is 14.7. The molecule has 1 aliphatic heterocycles. The van der Waals surface area contributed by atoms with E-state index in [9.17, 15) is 4.79 Å². The van der Waals surface area contributed by atoms with Gasteiger partial charge in [-0.15, -0.1) is 10.2 Å². The Morgan fingerprint density at radius 3 is 2.42 bits per heavy atom. The lowest BCUT2D eigenvalue weighted by Gasteiger charge is -2.15. The molecule has 2 aromatic carbocycles. The maximum absolute atomic E-state index is 12.5. The van der Waals surface area contributed by atoms with E-state index in [1.54, 1.807) is 6.07 Å². The topological polar surface area (TPSA) is 58.1 Å². The normalized spacial score (nSPS) is 13.6. The maximum atomic E-state index is 12.5. The van der Waals surface area contributed by atoms with Gasteiger partial charge in [0, 0.05) is 29.9 Å². The van der Waals surface area contributed by atoms with Gasteiger partial charge < -0.3 is 10.2 Å². The van der Waals surface area contributed by atoms with E-state index < -0.39 is 0 Å². The number of rotatable bonds is 4. The van der Waals surface area contributed by atoms with Gasteiger partial charge in [0.1, 0.15) is 0 Å². The van der Waals surface area contributed by atoms with Gasteiger partial charge in [0.2, 0.25) is 0 Å². The van der Waals surface area contributed by atoms with E-state index in [4.69, 9.17) is 0 Å². The number of nitrogens with one attached hydrogen (secondary N) is 1. The number of hydrogen-bond donors (Lipinski definition) is 1. The zero-order valence-corrected chi connectivity index (χ0v) is 14.4. The molecule has 1 fully saturated rings. The van der Waals surface area contributed by atoms with Crippen LogP contribution in [-0.4, -0.2) is 29.2 Å². The molecular weight excluding hydrogens is 324 g/mol. The zero-order valence-electron chi connectivity index (χ0n) is 14.4. The highest BCUT2D eigenvalue weighted by molar-refractivity contribution is 6.04. The monoisotopic (exact) mass is 344 g/mol. The Balaban J connectivity index is 1.52. The molecule has 0 aliphatic carbocycles. The molecule has 3 aromatic rings. The van der Waals surface area contributed by atoms with Crippen LogP contribution >= 0.6 is 0 Å². The van der Waals surface area contributed by atoms with Crippen LogP contribution in [0.3, 0.4) is 0 Å². The van der Waals surface area contributed by atoms with Crippen LogP contribution in [0.15, 0.2) is 66.7 Å². The zero-order chi connectivity index (χ0) is 17.8. The molecule has 1 aromatic heterocycles. The van der Waals surface area contributed by atoms with E-state index in [1.807, 2.05) is 60.7 Å². The second kappa shape index (κ2) is 7.35. The summed E-state index contributed by atoms with van der Waals surface area (Å²) in [5.74, 6) is 0.781. The smallest absolute Gasteiger partial charge is 0.255 e. The van der Waals surface area contributed by atoms with Gasteiger partial charge in [0.15, 0.2) is 5.82 Å². The number of carbonyl (C=O) groups excluding carboxylic acids is 1. The number of aromatic nitrogens is 2. The van der Waals surface area contributed by atoms with Crippen LogP contribution in [0.25, 0.3) is 11.3 Å². The molecule has 0 spiro atoms. The first-order valence-electron chi connectivity index (χ1n) is 8.85. The van der Waals surface area contributed by atoms with Crippen LogP contribution < -0.4 is 10.2 Å². The van der Waals surface area contributed by atoms with Gasteiger partial charge in [0.25, 0.3) is 5.91 Å². The van der Waals surface area contributed by atoms with Gasteiger partial charge in [0.05, 0.1) is 5.69 Å². The molecule has 1 aliphatic rings. The quantitative estimate of drug-likeness (QED) is 0.777. The Bertz CT molecular complexity index is 887. The van der Waals surface area contributed by atoms with Gasteiger partial charge in [-0.3, -0.25) is 4.79 Å². The summed E-state index contributed by atoms with van der Waals surface area (Å²) in [6, 6.07) is 20.9. The van der Waals surface area contributed by atoms with E-state index in [1.165, 1.54) is 12.8 Å². The molecule has 5 nitrogen and oxygen atoms in total. The van der Waals surface area contributed by atoms with Crippen molar-refractivity contribution in [3.8, 4) is 11.3 Å². The largest absolute Gasteiger partial charge is 0.355 e. The molecule has 1 N–H and O–H groups in total. The summed E-state index contributed by atoms with van der Waals surface area (Å²) in [6.07, 6.45) is 2.42. The predicted octanol–water partition coefficient (Wildman–Crippen LogP) is 4.00.